The summed E-state index contributed by atoms with van der Waals surface area (Å²) in [4.78, 5) is 10.8. The van der Waals surface area contributed by atoms with Crippen LogP contribution in [0.15, 0.2) is 36.4 Å². The molecule has 1 atom stereocenters. The maximum Gasteiger partial charge on any atom is 0.274 e. The van der Waals surface area contributed by atoms with Gasteiger partial charge in [0.15, 0.2) is 0 Å². The second-order valence-corrected chi connectivity index (χ2v) is 6.30. The molecule has 0 aliphatic rings. The third-order valence-electron chi connectivity index (χ3n) is 3.61. The Bertz CT molecular complexity index is 780. The number of nitrogens with zero attached hydrogens (tertiary/aromatic N) is 2. The van der Waals surface area contributed by atoms with Gasteiger partial charge in [0.2, 0.25) is 0 Å². The van der Waals surface area contributed by atoms with E-state index in [1.165, 1.54) is 6.07 Å². The Morgan fingerprint density at radius 3 is 2.22 bits per heavy atom. The summed E-state index contributed by atoms with van der Waals surface area (Å²) < 4.78 is 0. The number of hydrogen-bond donors (Lipinski definition) is 0. The molecule has 6 heteroatoms. The van der Waals surface area contributed by atoms with E-state index in [-0.39, 0.29) is 16.6 Å². The Kier molecular flexibility index (Phi) is 5.25. The van der Waals surface area contributed by atoms with Gasteiger partial charge in [-0.15, -0.1) is 0 Å². The molecule has 0 heterocycles. The fourth-order valence-electron chi connectivity index (χ4n) is 2.42. The Morgan fingerprint density at radius 2 is 1.74 bits per heavy atom. The summed E-state index contributed by atoms with van der Waals surface area (Å²) in [5, 5.41) is 21.5. The topological polar surface area (TPSA) is 66.9 Å². The molecule has 1 unspecified atom stereocenters. The van der Waals surface area contributed by atoms with Crippen molar-refractivity contribution in [2.24, 2.45) is 0 Å². The zero-order valence-electron chi connectivity index (χ0n) is 12.6. The fraction of sp³-hybridized carbons (Fsp3) is 0.235. The van der Waals surface area contributed by atoms with Gasteiger partial charge in [-0.1, -0.05) is 49.2 Å². The molecule has 2 rings (SSSR count). The first-order chi connectivity index (χ1) is 10.8. The fourth-order valence-corrected chi connectivity index (χ4v) is 2.81. The highest BCUT2D eigenvalue weighted by atomic mass is 35.5. The van der Waals surface area contributed by atoms with E-state index in [1.54, 1.807) is 30.3 Å². The maximum absolute atomic E-state index is 11.2. The largest absolute Gasteiger partial charge is 0.274 e. The van der Waals surface area contributed by atoms with Crippen LogP contribution in [0.4, 0.5) is 5.69 Å². The van der Waals surface area contributed by atoms with E-state index in [9.17, 15) is 15.4 Å². The Morgan fingerprint density at radius 1 is 1.13 bits per heavy atom. The first-order valence-electron chi connectivity index (χ1n) is 6.98. The van der Waals surface area contributed by atoms with Crippen molar-refractivity contribution in [3.05, 3.63) is 73.2 Å². The van der Waals surface area contributed by atoms with Crippen molar-refractivity contribution in [2.45, 2.75) is 25.7 Å². The zero-order valence-corrected chi connectivity index (χ0v) is 14.1. The molecular weight excluding hydrogens is 335 g/mol. The highest BCUT2D eigenvalue weighted by molar-refractivity contribution is 6.31. The van der Waals surface area contributed by atoms with Crippen molar-refractivity contribution in [1.82, 2.24) is 0 Å². The van der Waals surface area contributed by atoms with E-state index in [2.05, 4.69) is 6.07 Å². The summed E-state index contributed by atoms with van der Waals surface area (Å²) in [5.41, 5.74) is 1.83. The molecule has 0 fully saturated rings. The molecule has 0 saturated heterocycles. The van der Waals surface area contributed by atoms with Crippen LogP contribution in [0, 0.1) is 21.4 Å². The maximum atomic E-state index is 11.2. The average Bonchev–Trinajstić information content (AvgIpc) is 2.50. The number of hydrogen-bond acceptors (Lipinski definition) is 3. The second-order valence-electron chi connectivity index (χ2n) is 5.46. The van der Waals surface area contributed by atoms with Crippen molar-refractivity contribution >= 4 is 28.9 Å². The highest BCUT2D eigenvalue weighted by Gasteiger charge is 2.24. The Balaban J connectivity index is 2.61. The van der Waals surface area contributed by atoms with Crippen LogP contribution in [-0.4, -0.2) is 4.92 Å². The van der Waals surface area contributed by atoms with Crippen LogP contribution in [-0.2, 0) is 0 Å². The first-order valence-corrected chi connectivity index (χ1v) is 7.73. The van der Waals surface area contributed by atoms with Crippen LogP contribution in [0.3, 0.4) is 0 Å². The summed E-state index contributed by atoms with van der Waals surface area (Å²) in [6, 6.07) is 12.1. The summed E-state index contributed by atoms with van der Waals surface area (Å²) in [6.07, 6.45) is 0. The van der Waals surface area contributed by atoms with Gasteiger partial charge in [-0.05, 0) is 35.2 Å². The molecule has 0 N–H and O–H groups in total. The molecule has 0 saturated carbocycles. The van der Waals surface area contributed by atoms with Crippen molar-refractivity contribution in [2.75, 3.05) is 0 Å². The number of benzene rings is 2. The van der Waals surface area contributed by atoms with Gasteiger partial charge in [0.1, 0.15) is 0 Å². The predicted molar refractivity (Wildman–Crippen MR) is 91.1 cm³/mol. The van der Waals surface area contributed by atoms with Gasteiger partial charge >= 0.3 is 0 Å². The minimum Gasteiger partial charge on any atom is -0.258 e. The van der Waals surface area contributed by atoms with Gasteiger partial charge in [0, 0.05) is 16.7 Å². The van der Waals surface area contributed by atoms with Crippen LogP contribution in [0.1, 0.15) is 42.4 Å². The van der Waals surface area contributed by atoms with Crippen LogP contribution >= 0.6 is 23.2 Å². The van der Waals surface area contributed by atoms with Crippen molar-refractivity contribution in [1.29, 1.82) is 5.26 Å². The standard InChI is InChI=1S/C17H14Cl2N2O2/c1-10(2)13-7-14(16(19)8-17(13)21(22)23)15(9-20)11-3-5-12(18)6-4-11/h3-8,10,15H,1-2H3. The van der Waals surface area contributed by atoms with E-state index in [4.69, 9.17) is 23.2 Å². The lowest BCUT2D eigenvalue weighted by atomic mass is 9.89. The molecule has 2 aromatic rings. The SMILES string of the molecule is CC(C)c1cc(C(C#N)c2ccc(Cl)cc2)c(Cl)cc1[N+](=O)[O-]. The number of nitro benzene ring substituents is 1. The molecule has 0 aliphatic heterocycles. The summed E-state index contributed by atoms with van der Waals surface area (Å²) in [6.45, 7) is 3.73. The summed E-state index contributed by atoms with van der Waals surface area (Å²) in [5.74, 6) is -0.672. The zero-order chi connectivity index (χ0) is 17.1. The molecule has 0 bridgehead atoms. The molecule has 2 aromatic carbocycles. The number of nitriles is 1. The molecule has 0 spiro atoms. The first kappa shape index (κ1) is 17.3. The Labute approximate surface area is 144 Å². The summed E-state index contributed by atoms with van der Waals surface area (Å²) in [7, 11) is 0. The van der Waals surface area contributed by atoms with Gasteiger partial charge < -0.3 is 0 Å². The average molecular weight is 349 g/mol. The van der Waals surface area contributed by atoms with E-state index >= 15 is 0 Å². The van der Waals surface area contributed by atoms with Gasteiger partial charge in [-0.2, -0.15) is 5.26 Å². The van der Waals surface area contributed by atoms with Gasteiger partial charge in [-0.25, -0.2) is 0 Å². The third-order valence-corrected chi connectivity index (χ3v) is 4.19. The quantitative estimate of drug-likeness (QED) is 0.527. The minimum absolute atomic E-state index is 0.0263. The van der Waals surface area contributed by atoms with Gasteiger partial charge in [0.05, 0.1) is 21.9 Å². The van der Waals surface area contributed by atoms with E-state index in [0.717, 1.165) is 5.56 Å². The molecule has 4 nitrogen and oxygen atoms in total. The molecular formula is C17H14Cl2N2O2. The van der Waals surface area contributed by atoms with E-state index < -0.39 is 10.8 Å². The van der Waals surface area contributed by atoms with Crippen LogP contribution < -0.4 is 0 Å². The number of nitro groups is 1. The highest BCUT2D eigenvalue weighted by Crippen LogP contribution is 2.37. The monoisotopic (exact) mass is 348 g/mol. The van der Waals surface area contributed by atoms with Crippen molar-refractivity contribution < 1.29 is 4.92 Å². The van der Waals surface area contributed by atoms with Crippen LogP contribution in [0.25, 0.3) is 0 Å². The molecule has 118 valence electrons. The summed E-state index contributed by atoms with van der Waals surface area (Å²) >= 11 is 12.1. The number of rotatable bonds is 4. The smallest absolute Gasteiger partial charge is 0.258 e. The van der Waals surface area contributed by atoms with Crippen LogP contribution in [0.5, 0.6) is 0 Å². The van der Waals surface area contributed by atoms with Crippen molar-refractivity contribution in [3.8, 4) is 6.07 Å². The lowest BCUT2D eigenvalue weighted by Crippen LogP contribution is -2.04. The predicted octanol–water partition coefficient (Wildman–Crippen LogP) is 5.68. The Hall–Kier alpha value is -2.09. The lowest BCUT2D eigenvalue weighted by molar-refractivity contribution is -0.385. The van der Waals surface area contributed by atoms with E-state index in [1.807, 2.05) is 13.8 Å². The van der Waals surface area contributed by atoms with Crippen molar-refractivity contribution in [3.63, 3.8) is 0 Å². The normalized spacial score (nSPS) is 12.0. The van der Waals surface area contributed by atoms with E-state index in [0.29, 0.717) is 16.1 Å². The third kappa shape index (κ3) is 3.64. The minimum atomic E-state index is -0.613. The molecule has 0 aliphatic carbocycles. The lowest BCUT2D eigenvalue weighted by Gasteiger charge is -2.15. The molecule has 0 aromatic heterocycles. The number of halogens is 2. The molecule has 0 radical (unpaired) electrons. The van der Waals surface area contributed by atoms with Gasteiger partial charge in [-0.3, -0.25) is 10.1 Å². The van der Waals surface area contributed by atoms with Gasteiger partial charge in [0.25, 0.3) is 5.69 Å². The molecule has 0 amide bonds. The second kappa shape index (κ2) is 6.99. The molecule has 23 heavy (non-hydrogen) atoms. The van der Waals surface area contributed by atoms with Crippen LogP contribution in [0.2, 0.25) is 10.0 Å².